The summed E-state index contributed by atoms with van der Waals surface area (Å²) in [4.78, 5) is 31.0. The molecule has 154 valence electrons. The van der Waals surface area contributed by atoms with Gasteiger partial charge in [-0.15, -0.1) is 0 Å². The molecule has 1 aliphatic heterocycles. The van der Waals surface area contributed by atoms with Crippen LogP contribution in [0.1, 0.15) is 22.8 Å². The second-order valence-electron chi connectivity index (χ2n) is 7.37. The van der Waals surface area contributed by atoms with Crippen LogP contribution in [0.15, 0.2) is 48.5 Å². The average Bonchev–Trinajstić information content (AvgIpc) is 2.75. The van der Waals surface area contributed by atoms with E-state index in [2.05, 4.69) is 0 Å². The Morgan fingerprint density at radius 1 is 0.897 bits per heavy atom. The summed E-state index contributed by atoms with van der Waals surface area (Å²) < 4.78 is 5.44. The molecule has 2 aromatic rings. The van der Waals surface area contributed by atoms with Crippen molar-refractivity contribution in [3.8, 4) is 5.75 Å². The minimum atomic E-state index is 0.0221. The van der Waals surface area contributed by atoms with Crippen molar-refractivity contribution in [1.29, 1.82) is 0 Å². The lowest BCUT2D eigenvalue weighted by Crippen LogP contribution is -2.51. The Bertz CT molecular complexity index is 823. The van der Waals surface area contributed by atoms with Gasteiger partial charge in [-0.1, -0.05) is 12.1 Å². The maximum Gasteiger partial charge on any atom is 0.253 e. The van der Waals surface area contributed by atoms with Crippen LogP contribution >= 0.6 is 0 Å². The molecule has 2 amide bonds. The number of carbonyl (C=O) groups excluding carboxylic acids is 2. The SMILES string of the molecule is CCOc1ccc(CC(=O)N2CCN(C(=O)c3ccc(N(C)C)cc3)CC2)cc1. The number of hydrogen-bond acceptors (Lipinski definition) is 4. The number of amides is 2. The third kappa shape index (κ3) is 5.28. The van der Waals surface area contributed by atoms with Gasteiger partial charge in [-0.05, 0) is 48.9 Å². The van der Waals surface area contributed by atoms with E-state index in [0.717, 1.165) is 17.0 Å². The van der Waals surface area contributed by atoms with Gasteiger partial charge in [0.05, 0.1) is 13.0 Å². The molecule has 0 N–H and O–H groups in total. The fraction of sp³-hybridized carbons (Fsp3) is 0.391. The first-order chi connectivity index (χ1) is 14.0. The molecule has 3 rings (SSSR count). The molecule has 0 aliphatic carbocycles. The molecule has 0 radical (unpaired) electrons. The highest BCUT2D eigenvalue weighted by atomic mass is 16.5. The summed E-state index contributed by atoms with van der Waals surface area (Å²) in [5.41, 5.74) is 2.72. The van der Waals surface area contributed by atoms with Gasteiger partial charge in [-0.2, -0.15) is 0 Å². The van der Waals surface area contributed by atoms with Crippen molar-refractivity contribution in [3.05, 3.63) is 59.7 Å². The zero-order valence-electron chi connectivity index (χ0n) is 17.4. The number of ether oxygens (including phenoxy) is 1. The molecule has 29 heavy (non-hydrogen) atoms. The fourth-order valence-corrected chi connectivity index (χ4v) is 3.40. The Labute approximate surface area is 172 Å². The van der Waals surface area contributed by atoms with Gasteiger partial charge < -0.3 is 19.4 Å². The van der Waals surface area contributed by atoms with E-state index >= 15 is 0 Å². The van der Waals surface area contributed by atoms with Gasteiger partial charge in [-0.25, -0.2) is 0 Å². The van der Waals surface area contributed by atoms with E-state index in [1.54, 1.807) is 0 Å². The Hall–Kier alpha value is -3.02. The van der Waals surface area contributed by atoms with Crippen LogP contribution in [0.3, 0.4) is 0 Å². The molecule has 6 nitrogen and oxygen atoms in total. The molecule has 6 heteroatoms. The summed E-state index contributed by atoms with van der Waals surface area (Å²) in [6, 6.07) is 15.3. The van der Waals surface area contributed by atoms with Gasteiger partial charge in [0.25, 0.3) is 5.91 Å². The first-order valence-corrected chi connectivity index (χ1v) is 10.0. The van der Waals surface area contributed by atoms with Crippen molar-refractivity contribution >= 4 is 17.5 Å². The number of anilines is 1. The second kappa shape index (κ2) is 9.45. The highest BCUT2D eigenvalue weighted by Crippen LogP contribution is 2.16. The van der Waals surface area contributed by atoms with Crippen molar-refractivity contribution in [2.75, 3.05) is 51.8 Å². The molecule has 1 heterocycles. The van der Waals surface area contributed by atoms with Crippen molar-refractivity contribution in [2.24, 2.45) is 0 Å². The van der Waals surface area contributed by atoms with E-state index in [-0.39, 0.29) is 11.8 Å². The first-order valence-electron chi connectivity index (χ1n) is 10.0. The molecule has 0 aromatic heterocycles. The molecule has 1 fully saturated rings. The number of piperazine rings is 1. The summed E-state index contributed by atoms with van der Waals surface area (Å²) in [5, 5.41) is 0. The van der Waals surface area contributed by atoms with Crippen LogP contribution in [-0.2, 0) is 11.2 Å². The van der Waals surface area contributed by atoms with E-state index in [4.69, 9.17) is 4.74 Å². The molecule has 0 saturated carbocycles. The van der Waals surface area contributed by atoms with Gasteiger partial charge >= 0.3 is 0 Å². The maximum absolute atomic E-state index is 12.7. The largest absolute Gasteiger partial charge is 0.494 e. The molecule has 0 unspecified atom stereocenters. The van der Waals surface area contributed by atoms with Gasteiger partial charge in [0, 0.05) is 51.5 Å². The number of carbonyl (C=O) groups is 2. The summed E-state index contributed by atoms with van der Waals surface area (Å²) in [6.45, 7) is 4.82. The number of rotatable bonds is 6. The lowest BCUT2D eigenvalue weighted by molar-refractivity contribution is -0.131. The second-order valence-corrected chi connectivity index (χ2v) is 7.37. The Morgan fingerprint density at radius 2 is 1.48 bits per heavy atom. The molecule has 0 bridgehead atoms. The zero-order chi connectivity index (χ0) is 20.8. The monoisotopic (exact) mass is 395 g/mol. The van der Waals surface area contributed by atoms with Crippen LogP contribution in [0, 0.1) is 0 Å². The van der Waals surface area contributed by atoms with E-state index < -0.39 is 0 Å². The molecule has 2 aromatic carbocycles. The highest BCUT2D eigenvalue weighted by Gasteiger charge is 2.24. The summed E-state index contributed by atoms with van der Waals surface area (Å²) >= 11 is 0. The van der Waals surface area contributed by atoms with Gasteiger partial charge in [0.1, 0.15) is 5.75 Å². The fourth-order valence-electron chi connectivity index (χ4n) is 3.40. The lowest BCUT2D eigenvalue weighted by atomic mass is 10.1. The quantitative estimate of drug-likeness (QED) is 0.755. The van der Waals surface area contributed by atoms with Crippen LogP contribution in [0.25, 0.3) is 0 Å². The van der Waals surface area contributed by atoms with Crippen molar-refractivity contribution in [1.82, 2.24) is 9.80 Å². The van der Waals surface area contributed by atoms with E-state index in [1.165, 1.54) is 0 Å². The predicted molar refractivity (Wildman–Crippen MR) is 115 cm³/mol. The van der Waals surface area contributed by atoms with Gasteiger partial charge in [-0.3, -0.25) is 9.59 Å². The topological polar surface area (TPSA) is 53.1 Å². The van der Waals surface area contributed by atoms with Crippen molar-refractivity contribution in [3.63, 3.8) is 0 Å². The Balaban J connectivity index is 1.51. The minimum Gasteiger partial charge on any atom is -0.494 e. The van der Waals surface area contributed by atoms with E-state index in [0.29, 0.717) is 44.8 Å². The zero-order valence-corrected chi connectivity index (χ0v) is 17.4. The van der Waals surface area contributed by atoms with Crippen LogP contribution in [0.2, 0.25) is 0 Å². The van der Waals surface area contributed by atoms with Crippen molar-refractivity contribution < 1.29 is 14.3 Å². The molecule has 1 aliphatic rings. The molecule has 0 atom stereocenters. The maximum atomic E-state index is 12.7. The van der Waals surface area contributed by atoms with E-state index in [1.807, 2.05) is 84.2 Å². The Morgan fingerprint density at radius 3 is 2.03 bits per heavy atom. The molecular weight excluding hydrogens is 366 g/mol. The predicted octanol–water partition coefficient (Wildman–Crippen LogP) is 2.68. The number of hydrogen-bond donors (Lipinski definition) is 0. The number of benzene rings is 2. The summed E-state index contributed by atoms with van der Waals surface area (Å²) in [5.74, 6) is 0.931. The standard InChI is InChI=1S/C23H29N3O3/c1-4-29-21-11-5-18(6-12-21)17-22(27)25-13-15-26(16-14-25)23(28)19-7-9-20(10-8-19)24(2)3/h5-12H,4,13-17H2,1-3H3. The molecule has 1 saturated heterocycles. The molecular formula is C23H29N3O3. The smallest absolute Gasteiger partial charge is 0.253 e. The molecule has 0 spiro atoms. The summed E-state index contributed by atoms with van der Waals surface area (Å²) in [6.07, 6.45) is 0.367. The summed E-state index contributed by atoms with van der Waals surface area (Å²) in [7, 11) is 3.95. The van der Waals surface area contributed by atoms with Crippen LogP contribution in [0.4, 0.5) is 5.69 Å². The van der Waals surface area contributed by atoms with E-state index in [9.17, 15) is 9.59 Å². The third-order valence-electron chi connectivity index (χ3n) is 5.14. The normalized spacial score (nSPS) is 13.9. The Kier molecular flexibility index (Phi) is 6.75. The minimum absolute atomic E-state index is 0.0221. The number of nitrogens with zero attached hydrogens (tertiary/aromatic N) is 3. The third-order valence-corrected chi connectivity index (χ3v) is 5.14. The van der Waals surface area contributed by atoms with Gasteiger partial charge in [0.15, 0.2) is 0 Å². The lowest BCUT2D eigenvalue weighted by Gasteiger charge is -2.35. The van der Waals surface area contributed by atoms with Gasteiger partial charge in [0.2, 0.25) is 5.91 Å². The van der Waals surface area contributed by atoms with Crippen LogP contribution in [0.5, 0.6) is 5.75 Å². The van der Waals surface area contributed by atoms with Crippen LogP contribution in [-0.4, -0.2) is 68.5 Å². The van der Waals surface area contributed by atoms with Crippen LogP contribution < -0.4 is 9.64 Å². The highest BCUT2D eigenvalue weighted by molar-refractivity contribution is 5.94. The van der Waals surface area contributed by atoms with Crippen molar-refractivity contribution in [2.45, 2.75) is 13.3 Å². The first kappa shape index (κ1) is 20.7. The average molecular weight is 396 g/mol.